The van der Waals surface area contributed by atoms with E-state index in [4.69, 9.17) is 12.2 Å². The van der Waals surface area contributed by atoms with Crippen LogP contribution in [-0.4, -0.2) is 15.3 Å². The topological polar surface area (TPSA) is 29.9 Å². The first kappa shape index (κ1) is 10.8. The standard InChI is InChI=1S/C12H13N3S/c1-10-4-2-3-5-11(10)8-15-7-6-12(14-15)13-9-16/h2-7,9H,8H2,1H3,(H,13,14,16). The smallest absolute Gasteiger partial charge is 0.152 e. The molecule has 1 N–H and O–H groups in total. The number of nitrogens with one attached hydrogen (secondary N) is 1. The quantitative estimate of drug-likeness (QED) is 0.820. The lowest BCUT2D eigenvalue weighted by atomic mass is 10.1. The molecule has 0 atom stereocenters. The lowest BCUT2D eigenvalue weighted by Gasteiger charge is -2.05. The van der Waals surface area contributed by atoms with Gasteiger partial charge in [0, 0.05) is 12.3 Å². The minimum absolute atomic E-state index is 0.781. The fraction of sp³-hybridized carbons (Fsp3) is 0.167. The van der Waals surface area contributed by atoms with Crippen molar-refractivity contribution < 1.29 is 0 Å². The van der Waals surface area contributed by atoms with E-state index in [0.29, 0.717) is 0 Å². The van der Waals surface area contributed by atoms with Crippen LogP contribution in [0.2, 0.25) is 0 Å². The first-order valence-electron chi connectivity index (χ1n) is 5.08. The summed E-state index contributed by atoms with van der Waals surface area (Å²) in [7, 11) is 0. The summed E-state index contributed by atoms with van der Waals surface area (Å²) >= 11 is 4.71. The van der Waals surface area contributed by atoms with Crippen molar-refractivity contribution >= 4 is 23.5 Å². The third kappa shape index (κ3) is 2.46. The van der Waals surface area contributed by atoms with Crippen molar-refractivity contribution in [1.29, 1.82) is 0 Å². The average molecular weight is 231 g/mol. The van der Waals surface area contributed by atoms with E-state index in [1.54, 1.807) is 0 Å². The zero-order chi connectivity index (χ0) is 11.4. The summed E-state index contributed by atoms with van der Waals surface area (Å²) in [5.74, 6) is 0.781. The molecule has 0 aliphatic carbocycles. The van der Waals surface area contributed by atoms with Crippen molar-refractivity contribution in [2.24, 2.45) is 0 Å². The summed E-state index contributed by atoms with van der Waals surface area (Å²) in [6.07, 6.45) is 1.94. The van der Waals surface area contributed by atoms with Gasteiger partial charge >= 0.3 is 0 Å². The number of anilines is 1. The molecule has 0 fully saturated rings. The van der Waals surface area contributed by atoms with Gasteiger partial charge in [0.25, 0.3) is 0 Å². The molecule has 3 nitrogen and oxygen atoms in total. The number of aryl methyl sites for hydroxylation is 1. The predicted molar refractivity (Wildman–Crippen MR) is 69.8 cm³/mol. The second-order valence-corrected chi connectivity index (χ2v) is 3.82. The highest BCUT2D eigenvalue weighted by Crippen LogP contribution is 2.10. The van der Waals surface area contributed by atoms with Crippen molar-refractivity contribution in [1.82, 2.24) is 9.78 Å². The fourth-order valence-corrected chi connectivity index (χ4v) is 1.67. The third-order valence-corrected chi connectivity index (χ3v) is 2.56. The molecule has 0 aliphatic heterocycles. The van der Waals surface area contributed by atoms with Crippen LogP contribution in [0.15, 0.2) is 36.5 Å². The molecular formula is C12H13N3S. The Bertz CT molecular complexity index is 491. The Kier molecular flexibility index (Phi) is 3.31. The fourth-order valence-electron chi connectivity index (χ4n) is 1.55. The highest BCUT2D eigenvalue weighted by molar-refractivity contribution is 7.79. The van der Waals surface area contributed by atoms with E-state index in [1.807, 2.05) is 29.1 Å². The van der Waals surface area contributed by atoms with Gasteiger partial charge in [0.15, 0.2) is 5.82 Å². The maximum absolute atomic E-state index is 4.71. The minimum atomic E-state index is 0.781. The van der Waals surface area contributed by atoms with Gasteiger partial charge < -0.3 is 5.32 Å². The Morgan fingerprint density at radius 3 is 2.94 bits per heavy atom. The van der Waals surface area contributed by atoms with Gasteiger partial charge in [-0.05, 0) is 18.1 Å². The Hall–Kier alpha value is -1.68. The van der Waals surface area contributed by atoms with Crippen LogP contribution in [-0.2, 0) is 6.54 Å². The van der Waals surface area contributed by atoms with E-state index in [9.17, 15) is 0 Å². The van der Waals surface area contributed by atoms with Gasteiger partial charge in [-0.15, -0.1) is 0 Å². The summed E-state index contributed by atoms with van der Waals surface area (Å²) in [6.45, 7) is 2.89. The molecule has 1 aromatic carbocycles. The molecule has 0 amide bonds. The maximum atomic E-state index is 4.71. The second-order valence-electron chi connectivity index (χ2n) is 3.59. The molecular weight excluding hydrogens is 218 g/mol. The number of nitrogens with zero attached hydrogens (tertiary/aromatic N) is 2. The van der Waals surface area contributed by atoms with Gasteiger partial charge in [-0.25, -0.2) is 0 Å². The van der Waals surface area contributed by atoms with Crippen LogP contribution < -0.4 is 5.32 Å². The van der Waals surface area contributed by atoms with Gasteiger partial charge in [-0.3, -0.25) is 4.68 Å². The summed E-state index contributed by atoms with van der Waals surface area (Å²) < 4.78 is 1.89. The SMILES string of the molecule is Cc1ccccc1Cn1ccc(NC=S)n1. The molecule has 2 aromatic rings. The predicted octanol–water partition coefficient (Wildman–Crippen LogP) is 2.61. The van der Waals surface area contributed by atoms with Crippen molar-refractivity contribution in [3.05, 3.63) is 47.7 Å². The van der Waals surface area contributed by atoms with Crippen LogP contribution in [0.3, 0.4) is 0 Å². The highest BCUT2D eigenvalue weighted by Gasteiger charge is 2.00. The van der Waals surface area contributed by atoms with E-state index < -0.39 is 0 Å². The first-order valence-corrected chi connectivity index (χ1v) is 5.55. The molecule has 1 aromatic heterocycles. The zero-order valence-electron chi connectivity index (χ0n) is 9.05. The van der Waals surface area contributed by atoms with Crippen molar-refractivity contribution in [2.75, 3.05) is 5.32 Å². The summed E-state index contributed by atoms with van der Waals surface area (Å²) in [6, 6.07) is 10.2. The van der Waals surface area contributed by atoms with Crippen molar-refractivity contribution in [3.63, 3.8) is 0 Å². The van der Waals surface area contributed by atoms with E-state index in [-0.39, 0.29) is 0 Å². The average Bonchev–Trinajstić information content (AvgIpc) is 2.70. The van der Waals surface area contributed by atoms with Crippen LogP contribution in [0.5, 0.6) is 0 Å². The molecule has 0 bridgehead atoms. The molecule has 0 saturated heterocycles. The van der Waals surface area contributed by atoms with Crippen molar-refractivity contribution in [2.45, 2.75) is 13.5 Å². The summed E-state index contributed by atoms with van der Waals surface area (Å²) in [5, 5.41) is 7.23. The minimum Gasteiger partial charge on any atom is -0.336 e. The number of hydrogen-bond acceptors (Lipinski definition) is 2. The van der Waals surface area contributed by atoms with E-state index >= 15 is 0 Å². The number of aromatic nitrogens is 2. The Balaban J connectivity index is 2.14. The summed E-state index contributed by atoms with van der Waals surface area (Å²) in [4.78, 5) is 0. The molecule has 82 valence electrons. The zero-order valence-corrected chi connectivity index (χ0v) is 9.87. The Morgan fingerprint density at radius 2 is 2.19 bits per heavy atom. The van der Waals surface area contributed by atoms with Crippen LogP contribution in [0.4, 0.5) is 5.82 Å². The number of rotatable bonds is 4. The van der Waals surface area contributed by atoms with E-state index in [2.05, 4.69) is 29.5 Å². The van der Waals surface area contributed by atoms with Crippen LogP contribution in [0.1, 0.15) is 11.1 Å². The largest absolute Gasteiger partial charge is 0.336 e. The van der Waals surface area contributed by atoms with Gasteiger partial charge in [-0.1, -0.05) is 36.5 Å². The van der Waals surface area contributed by atoms with Gasteiger partial charge in [0.1, 0.15) is 0 Å². The molecule has 0 aliphatic rings. The van der Waals surface area contributed by atoms with Gasteiger partial charge in [0.2, 0.25) is 0 Å². The number of hydrogen-bond donors (Lipinski definition) is 1. The van der Waals surface area contributed by atoms with Crippen molar-refractivity contribution in [3.8, 4) is 0 Å². The summed E-state index contributed by atoms with van der Waals surface area (Å²) in [5.41, 5.74) is 4.02. The molecule has 0 radical (unpaired) electrons. The van der Waals surface area contributed by atoms with Crippen LogP contribution in [0.25, 0.3) is 0 Å². The highest BCUT2D eigenvalue weighted by atomic mass is 32.1. The monoisotopic (exact) mass is 231 g/mol. The second kappa shape index (κ2) is 4.90. The number of thiocarbonyl (C=S) groups is 1. The molecule has 0 unspecified atom stereocenters. The molecule has 0 spiro atoms. The van der Waals surface area contributed by atoms with E-state index in [0.717, 1.165) is 12.4 Å². The lowest BCUT2D eigenvalue weighted by Crippen LogP contribution is -2.03. The molecule has 2 rings (SSSR count). The number of benzene rings is 1. The van der Waals surface area contributed by atoms with E-state index in [1.165, 1.54) is 16.6 Å². The normalized spacial score (nSPS) is 10.1. The van der Waals surface area contributed by atoms with Gasteiger partial charge in [0.05, 0.1) is 12.0 Å². The Labute approximate surface area is 100 Å². The maximum Gasteiger partial charge on any atom is 0.152 e. The molecule has 16 heavy (non-hydrogen) atoms. The van der Waals surface area contributed by atoms with Crippen LogP contribution in [0, 0.1) is 6.92 Å². The molecule has 4 heteroatoms. The van der Waals surface area contributed by atoms with Crippen LogP contribution >= 0.6 is 12.2 Å². The molecule has 0 saturated carbocycles. The van der Waals surface area contributed by atoms with Gasteiger partial charge in [-0.2, -0.15) is 5.10 Å². The Morgan fingerprint density at radius 1 is 1.38 bits per heavy atom. The lowest BCUT2D eigenvalue weighted by molar-refractivity contribution is 0.687. The first-order chi connectivity index (χ1) is 7.79. The molecule has 1 heterocycles. The third-order valence-electron chi connectivity index (χ3n) is 2.44.